The molecule has 0 saturated carbocycles. The fourth-order valence-corrected chi connectivity index (χ4v) is 3.39. The topological polar surface area (TPSA) is 84.1 Å². The first-order chi connectivity index (χ1) is 14.8. The number of benzene rings is 2. The van der Waals surface area contributed by atoms with Gasteiger partial charge in [-0.1, -0.05) is 12.1 Å². The number of nitriles is 1. The van der Waals surface area contributed by atoms with Crippen LogP contribution in [-0.4, -0.2) is 16.4 Å². The Morgan fingerprint density at radius 1 is 1.06 bits per heavy atom. The second kappa shape index (κ2) is 9.14. The quantitative estimate of drug-likeness (QED) is 0.280. The molecule has 0 spiro atoms. The third-order valence-electron chi connectivity index (χ3n) is 4.77. The summed E-state index contributed by atoms with van der Waals surface area (Å²) in [5, 5.41) is 12.3. The van der Waals surface area contributed by atoms with Crippen molar-refractivity contribution in [1.82, 2.24) is 4.57 Å². The SMILES string of the molecule is CC(=O)Oc1ccc(-n2c(C)cc(/C=C(/C#N)C(=O)Nc3cccc(C)c3)c2C)cc1. The van der Waals surface area contributed by atoms with Gasteiger partial charge in [-0.2, -0.15) is 5.26 Å². The molecule has 0 aliphatic rings. The Balaban J connectivity index is 1.89. The summed E-state index contributed by atoms with van der Waals surface area (Å²) < 4.78 is 7.09. The number of ether oxygens (including phenoxy) is 1. The highest BCUT2D eigenvalue weighted by Gasteiger charge is 2.14. The van der Waals surface area contributed by atoms with Crippen molar-refractivity contribution in [2.75, 3.05) is 5.32 Å². The number of aromatic nitrogens is 1. The van der Waals surface area contributed by atoms with Gasteiger partial charge in [-0.3, -0.25) is 9.59 Å². The third kappa shape index (κ3) is 5.09. The maximum absolute atomic E-state index is 12.6. The number of hydrogen-bond acceptors (Lipinski definition) is 4. The molecule has 3 aromatic rings. The number of hydrogen-bond donors (Lipinski definition) is 1. The van der Waals surface area contributed by atoms with Crippen LogP contribution in [0.25, 0.3) is 11.8 Å². The summed E-state index contributed by atoms with van der Waals surface area (Å²) in [4.78, 5) is 23.7. The number of esters is 1. The van der Waals surface area contributed by atoms with Gasteiger partial charge in [0, 0.05) is 29.7 Å². The molecule has 0 atom stereocenters. The molecule has 0 aliphatic carbocycles. The van der Waals surface area contributed by atoms with E-state index in [0.29, 0.717) is 11.4 Å². The molecule has 1 aromatic heterocycles. The van der Waals surface area contributed by atoms with Gasteiger partial charge in [0.25, 0.3) is 5.91 Å². The van der Waals surface area contributed by atoms with Crippen molar-refractivity contribution in [3.63, 3.8) is 0 Å². The average Bonchev–Trinajstić information content (AvgIpc) is 2.99. The zero-order valence-electron chi connectivity index (χ0n) is 17.9. The number of nitrogens with one attached hydrogen (secondary N) is 1. The van der Waals surface area contributed by atoms with Crippen molar-refractivity contribution in [3.05, 3.63) is 82.7 Å². The first-order valence-corrected chi connectivity index (χ1v) is 9.76. The van der Waals surface area contributed by atoms with Crippen LogP contribution in [0.3, 0.4) is 0 Å². The van der Waals surface area contributed by atoms with Crippen LogP contribution in [0.1, 0.15) is 29.4 Å². The van der Waals surface area contributed by atoms with Crippen molar-refractivity contribution in [2.24, 2.45) is 0 Å². The lowest BCUT2D eigenvalue weighted by Gasteiger charge is -2.10. The van der Waals surface area contributed by atoms with Crippen LogP contribution in [0.15, 0.2) is 60.2 Å². The van der Waals surface area contributed by atoms with Gasteiger partial charge in [-0.25, -0.2) is 0 Å². The van der Waals surface area contributed by atoms with E-state index < -0.39 is 5.91 Å². The van der Waals surface area contributed by atoms with E-state index in [1.165, 1.54) is 6.92 Å². The van der Waals surface area contributed by atoms with Crippen molar-refractivity contribution in [2.45, 2.75) is 27.7 Å². The van der Waals surface area contributed by atoms with E-state index in [1.54, 1.807) is 24.3 Å². The summed E-state index contributed by atoms with van der Waals surface area (Å²) in [6.45, 7) is 7.16. The Morgan fingerprint density at radius 3 is 2.39 bits per heavy atom. The summed E-state index contributed by atoms with van der Waals surface area (Å²) in [5.74, 6) is -0.358. The van der Waals surface area contributed by atoms with E-state index in [4.69, 9.17) is 4.74 Å². The van der Waals surface area contributed by atoms with Crippen molar-refractivity contribution in [3.8, 4) is 17.5 Å². The second-order valence-corrected chi connectivity index (χ2v) is 7.24. The smallest absolute Gasteiger partial charge is 0.308 e. The monoisotopic (exact) mass is 413 g/mol. The molecule has 3 rings (SSSR count). The molecule has 1 heterocycles. The largest absolute Gasteiger partial charge is 0.427 e. The molecule has 1 N–H and O–H groups in total. The van der Waals surface area contributed by atoms with Gasteiger partial charge < -0.3 is 14.6 Å². The minimum atomic E-state index is -0.455. The van der Waals surface area contributed by atoms with Gasteiger partial charge in [0.1, 0.15) is 17.4 Å². The number of anilines is 1. The maximum atomic E-state index is 12.6. The van der Waals surface area contributed by atoms with Gasteiger partial charge in [-0.05, 0) is 80.4 Å². The summed E-state index contributed by atoms with van der Waals surface area (Å²) >= 11 is 0. The molecule has 2 aromatic carbocycles. The predicted octanol–water partition coefficient (Wildman–Crippen LogP) is 4.87. The van der Waals surface area contributed by atoms with Crippen LogP contribution < -0.4 is 10.1 Å². The zero-order chi connectivity index (χ0) is 22.5. The number of rotatable bonds is 5. The molecule has 0 radical (unpaired) electrons. The minimum Gasteiger partial charge on any atom is -0.427 e. The Kier molecular flexibility index (Phi) is 6.37. The van der Waals surface area contributed by atoms with Gasteiger partial charge in [0.2, 0.25) is 0 Å². The molecule has 0 bridgehead atoms. The normalized spacial score (nSPS) is 11.0. The van der Waals surface area contributed by atoms with Crippen molar-refractivity contribution >= 4 is 23.6 Å². The molecule has 31 heavy (non-hydrogen) atoms. The highest BCUT2D eigenvalue weighted by molar-refractivity contribution is 6.09. The van der Waals surface area contributed by atoms with E-state index in [-0.39, 0.29) is 11.5 Å². The Bertz CT molecular complexity index is 1210. The highest BCUT2D eigenvalue weighted by Crippen LogP contribution is 2.25. The molecule has 0 fully saturated rings. The molecule has 0 aliphatic heterocycles. The molecule has 156 valence electrons. The Morgan fingerprint density at radius 2 is 1.77 bits per heavy atom. The van der Waals surface area contributed by atoms with Gasteiger partial charge in [0.15, 0.2) is 0 Å². The lowest BCUT2D eigenvalue weighted by Crippen LogP contribution is -2.13. The van der Waals surface area contributed by atoms with Gasteiger partial charge in [-0.15, -0.1) is 0 Å². The molecular weight excluding hydrogens is 390 g/mol. The number of nitrogens with zero attached hydrogens (tertiary/aromatic N) is 2. The molecule has 0 unspecified atom stereocenters. The van der Waals surface area contributed by atoms with E-state index >= 15 is 0 Å². The van der Waals surface area contributed by atoms with Crippen molar-refractivity contribution < 1.29 is 14.3 Å². The number of aryl methyl sites for hydroxylation is 2. The predicted molar refractivity (Wildman–Crippen MR) is 120 cm³/mol. The average molecular weight is 413 g/mol. The summed E-state index contributed by atoms with van der Waals surface area (Å²) in [5.41, 5.74) is 5.17. The summed E-state index contributed by atoms with van der Waals surface area (Å²) in [7, 11) is 0. The summed E-state index contributed by atoms with van der Waals surface area (Å²) in [6, 6.07) is 18.5. The fourth-order valence-electron chi connectivity index (χ4n) is 3.39. The third-order valence-corrected chi connectivity index (χ3v) is 4.77. The van der Waals surface area contributed by atoms with Gasteiger partial charge in [0.05, 0.1) is 0 Å². The van der Waals surface area contributed by atoms with Crippen LogP contribution in [0, 0.1) is 32.1 Å². The van der Waals surface area contributed by atoms with E-state index in [1.807, 2.05) is 67.8 Å². The summed E-state index contributed by atoms with van der Waals surface area (Å²) in [6.07, 6.45) is 1.59. The lowest BCUT2D eigenvalue weighted by molar-refractivity contribution is -0.131. The van der Waals surface area contributed by atoms with Crippen LogP contribution in [0.2, 0.25) is 0 Å². The molecule has 0 saturated heterocycles. The van der Waals surface area contributed by atoms with Crippen molar-refractivity contribution in [1.29, 1.82) is 5.26 Å². The van der Waals surface area contributed by atoms with E-state index in [9.17, 15) is 14.9 Å². The number of amides is 1. The zero-order valence-corrected chi connectivity index (χ0v) is 17.9. The van der Waals surface area contributed by atoms with Gasteiger partial charge >= 0.3 is 5.97 Å². The first-order valence-electron chi connectivity index (χ1n) is 9.76. The van der Waals surface area contributed by atoms with Crippen LogP contribution in [-0.2, 0) is 9.59 Å². The first kappa shape index (κ1) is 21.6. The lowest BCUT2D eigenvalue weighted by atomic mass is 10.1. The van der Waals surface area contributed by atoms with E-state index in [2.05, 4.69) is 5.32 Å². The Hall–Kier alpha value is -4.11. The molecule has 6 nitrogen and oxygen atoms in total. The fraction of sp³-hybridized carbons (Fsp3) is 0.160. The number of carbonyl (C=O) groups is 2. The van der Waals surface area contributed by atoms with Crippen LogP contribution in [0.4, 0.5) is 5.69 Å². The molecular formula is C25H23N3O3. The van der Waals surface area contributed by atoms with Crippen LogP contribution >= 0.6 is 0 Å². The molecule has 1 amide bonds. The highest BCUT2D eigenvalue weighted by atomic mass is 16.5. The minimum absolute atomic E-state index is 0.0203. The second-order valence-electron chi connectivity index (χ2n) is 7.24. The van der Waals surface area contributed by atoms with Crippen LogP contribution in [0.5, 0.6) is 5.75 Å². The van der Waals surface area contributed by atoms with E-state index in [0.717, 1.165) is 28.2 Å². The number of carbonyl (C=O) groups excluding carboxylic acids is 2. The Labute approximate surface area is 181 Å². The molecule has 6 heteroatoms. The standard InChI is InChI=1S/C25H23N3O3/c1-16-6-5-7-22(12-16)27-25(30)21(15-26)14-20-13-17(2)28(18(20)3)23-8-10-24(11-9-23)31-19(4)29/h5-14H,1-4H3,(H,27,30)/b21-14-. The maximum Gasteiger partial charge on any atom is 0.308 e.